The highest BCUT2D eigenvalue weighted by Crippen LogP contribution is 2.22. The Morgan fingerprint density at radius 1 is 1.52 bits per heavy atom. The van der Waals surface area contributed by atoms with E-state index in [0.29, 0.717) is 18.1 Å². The number of hydrogen-bond acceptors (Lipinski definition) is 5. The summed E-state index contributed by atoms with van der Waals surface area (Å²) >= 11 is 0. The van der Waals surface area contributed by atoms with Gasteiger partial charge < -0.3 is 10.2 Å². The summed E-state index contributed by atoms with van der Waals surface area (Å²) in [6.07, 6.45) is 1.78. The number of halogens is 2. The molecule has 122 valence electrons. The van der Waals surface area contributed by atoms with Crippen molar-refractivity contribution in [2.45, 2.75) is 25.2 Å². The molecule has 2 N–H and O–H groups in total. The summed E-state index contributed by atoms with van der Waals surface area (Å²) in [5.41, 5.74) is -0.0556. The van der Waals surface area contributed by atoms with Crippen molar-refractivity contribution in [3.05, 3.63) is 41.5 Å². The van der Waals surface area contributed by atoms with Gasteiger partial charge >= 0.3 is 0 Å². The normalized spacial score (nSPS) is 20.7. The van der Waals surface area contributed by atoms with Crippen LogP contribution in [0.15, 0.2) is 18.5 Å². The third kappa shape index (κ3) is 3.34. The van der Waals surface area contributed by atoms with Crippen molar-refractivity contribution in [1.29, 1.82) is 0 Å². The Morgan fingerprint density at radius 3 is 3.04 bits per heavy atom. The largest absolute Gasteiger partial charge is 0.334 e. The summed E-state index contributed by atoms with van der Waals surface area (Å²) in [5.74, 6) is -0.233. The predicted octanol–water partition coefficient (Wildman–Crippen LogP) is 0.983. The molecule has 0 bridgehead atoms. The molecule has 0 saturated carbocycles. The van der Waals surface area contributed by atoms with Gasteiger partial charge in [0.2, 0.25) is 0 Å². The number of pyridine rings is 1. The molecule has 2 atom stereocenters. The van der Waals surface area contributed by atoms with E-state index in [4.69, 9.17) is 0 Å². The molecule has 1 saturated heterocycles. The van der Waals surface area contributed by atoms with Crippen LogP contribution in [0.3, 0.4) is 0 Å². The van der Waals surface area contributed by atoms with E-state index in [-0.39, 0.29) is 24.7 Å². The maximum absolute atomic E-state index is 13.6. The summed E-state index contributed by atoms with van der Waals surface area (Å²) < 4.78 is 26.8. The first-order valence-electron chi connectivity index (χ1n) is 7.18. The van der Waals surface area contributed by atoms with E-state index in [9.17, 15) is 13.6 Å². The molecule has 2 aromatic rings. The van der Waals surface area contributed by atoms with Gasteiger partial charge in [-0.3, -0.25) is 14.9 Å². The van der Waals surface area contributed by atoms with Crippen LogP contribution >= 0.6 is 0 Å². The lowest BCUT2D eigenvalue weighted by Crippen LogP contribution is -2.27. The Balaban J connectivity index is 1.66. The van der Waals surface area contributed by atoms with Gasteiger partial charge in [-0.25, -0.2) is 13.8 Å². The van der Waals surface area contributed by atoms with Crippen LogP contribution in [0.5, 0.6) is 0 Å². The topological polar surface area (TPSA) is 86.8 Å². The maximum Gasteiger partial charge on any atom is 0.257 e. The number of carbonyl (C=O) groups is 1. The third-order valence-electron chi connectivity index (χ3n) is 3.67. The number of rotatable bonds is 4. The number of aromatic amines is 1. The number of aromatic nitrogens is 4. The minimum atomic E-state index is -0.902. The zero-order valence-electron chi connectivity index (χ0n) is 12.5. The van der Waals surface area contributed by atoms with Crippen LogP contribution in [0.25, 0.3) is 0 Å². The van der Waals surface area contributed by atoms with Crippen LogP contribution in [0.2, 0.25) is 0 Å². The highest BCUT2D eigenvalue weighted by molar-refractivity contribution is 5.94. The molecule has 0 spiro atoms. The Bertz CT molecular complexity index is 706. The van der Waals surface area contributed by atoms with Gasteiger partial charge in [-0.05, 0) is 6.07 Å². The molecule has 0 aromatic carbocycles. The average molecular weight is 322 g/mol. The zero-order chi connectivity index (χ0) is 16.4. The first-order valence-corrected chi connectivity index (χ1v) is 7.18. The maximum atomic E-state index is 13.6. The van der Waals surface area contributed by atoms with E-state index < -0.39 is 17.9 Å². The van der Waals surface area contributed by atoms with Crippen LogP contribution in [-0.4, -0.2) is 50.7 Å². The van der Waals surface area contributed by atoms with Gasteiger partial charge in [-0.15, -0.1) is 0 Å². The quantitative estimate of drug-likeness (QED) is 0.876. The molecule has 3 rings (SSSR count). The fourth-order valence-corrected chi connectivity index (χ4v) is 2.48. The fraction of sp³-hybridized carbons (Fsp3) is 0.429. The molecule has 7 nitrogen and oxygen atoms in total. The van der Waals surface area contributed by atoms with Gasteiger partial charge in [0.15, 0.2) is 11.6 Å². The van der Waals surface area contributed by atoms with Crippen LogP contribution in [-0.2, 0) is 6.54 Å². The van der Waals surface area contributed by atoms with Crippen molar-refractivity contribution in [2.75, 3.05) is 13.6 Å². The Labute approximate surface area is 131 Å². The second-order valence-corrected chi connectivity index (χ2v) is 5.45. The van der Waals surface area contributed by atoms with Gasteiger partial charge in [0.25, 0.3) is 5.91 Å². The summed E-state index contributed by atoms with van der Waals surface area (Å²) in [6.45, 7) is 0.424. The van der Waals surface area contributed by atoms with E-state index >= 15 is 0 Å². The number of alkyl halides is 1. The first kappa shape index (κ1) is 15.5. The van der Waals surface area contributed by atoms with E-state index in [2.05, 4.69) is 25.5 Å². The number of nitrogens with one attached hydrogen (secondary N) is 2. The van der Waals surface area contributed by atoms with E-state index in [1.807, 2.05) is 0 Å². The monoisotopic (exact) mass is 322 g/mol. The smallest absolute Gasteiger partial charge is 0.257 e. The number of nitrogens with zero attached hydrogens (tertiary/aromatic N) is 4. The lowest BCUT2D eigenvalue weighted by molar-refractivity contribution is 0.0777. The number of carbonyl (C=O) groups excluding carboxylic acids is 1. The Kier molecular flexibility index (Phi) is 4.28. The number of amides is 1. The molecule has 1 fully saturated rings. The second kappa shape index (κ2) is 6.37. The number of H-pyrrole nitrogens is 1. The van der Waals surface area contributed by atoms with E-state index in [1.165, 1.54) is 24.2 Å². The van der Waals surface area contributed by atoms with E-state index in [1.54, 1.807) is 0 Å². The van der Waals surface area contributed by atoms with Crippen LogP contribution < -0.4 is 5.32 Å². The standard InChI is InChI=1S/C14H16F2N6O/c1-22(14(23)9-2-3-17-6-10(9)16)7-12-19-13(21-20-12)11-4-8(15)5-18-11/h2-3,6,8,11,18H,4-5,7H2,1H3,(H,19,20,21)/t8-,11+/m0/s1. The number of hydrogen-bond donors (Lipinski definition) is 2. The second-order valence-electron chi connectivity index (χ2n) is 5.45. The molecular weight excluding hydrogens is 306 g/mol. The molecule has 23 heavy (non-hydrogen) atoms. The molecule has 3 heterocycles. The SMILES string of the molecule is CN(Cc1nc([C@H]2C[C@H](F)CN2)n[nH]1)C(=O)c1ccncc1F. The lowest BCUT2D eigenvalue weighted by Gasteiger charge is -2.15. The molecule has 9 heteroatoms. The van der Waals surface area contributed by atoms with Crippen molar-refractivity contribution in [1.82, 2.24) is 30.4 Å². The molecule has 0 radical (unpaired) electrons. The summed E-state index contributed by atoms with van der Waals surface area (Å²) in [4.78, 5) is 21.4. The van der Waals surface area contributed by atoms with Crippen molar-refractivity contribution in [2.24, 2.45) is 0 Å². The van der Waals surface area contributed by atoms with Crippen molar-refractivity contribution in [3.8, 4) is 0 Å². The zero-order valence-corrected chi connectivity index (χ0v) is 12.5. The van der Waals surface area contributed by atoms with Gasteiger partial charge in [0.1, 0.15) is 12.0 Å². The average Bonchev–Trinajstić information content (AvgIpc) is 3.16. The Hall–Kier alpha value is -2.42. The van der Waals surface area contributed by atoms with Gasteiger partial charge in [0.05, 0.1) is 24.3 Å². The fourth-order valence-electron chi connectivity index (χ4n) is 2.48. The lowest BCUT2D eigenvalue weighted by atomic mass is 10.2. The Morgan fingerprint density at radius 2 is 2.35 bits per heavy atom. The molecular formula is C14H16F2N6O. The molecule has 1 aliphatic heterocycles. The van der Waals surface area contributed by atoms with Crippen LogP contribution in [0.4, 0.5) is 8.78 Å². The highest BCUT2D eigenvalue weighted by Gasteiger charge is 2.28. The van der Waals surface area contributed by atoms with Gasteiger partial charge in [0, 0.05) is 26.2 Å². The molecule has 1 amide bonds. The highest BCUT2D eigenvalue weighted by atomic mass is 19.1. The summed E-state index contributed by atoms with van der Waals surface area (Å²) in [6, 6.07) is 1.10. The minimum Gasteiger partial charge on any atom is -0.334 e. The van der Waals surface area contributed by atoms with E-state index in [0.717, 1.165) is 6.20 Å². The minimum absolute atomic E-state index is 0.0556. The molecule has 0 unspecified atom stereocenters. The predicted molar refractivity (Wildman–Crippen MR) is 76.6 cm³/mol. The van der Waals surface area contributed by atoms with Crippen molar-refractivity contribution < 1.29 is 13.6 Å². The molecule has 2 aromatic heterocycles. The summed E-state index contributed by atoms with van der Waals surface area (Å²) in [7, 11) is 1.54. The first-order chi connectivity index (χ1) is 11.0. The third-order valence-corrected chi connectivity index (χ3v) is 3.67. The van der Waals surface area contributed by atoms with Crippen molar-refractivity contribution in [3.63, 3.8) is 0 Å². The van der Waals surface area contributed by atoms with Crippen LogP contribution in [0.1, 0.15) is 34.5 Å². The van der Waals surface area contributed by atoms with Gasteiger partial charge in [-0.2, -0.15) is 5.10 Å². The van der Waals surface area contributed by atoms with Crippen molar-refractivity contribution >= 4 is 5.91 Å². The molecule has 1 aliphatic rings. The molecule has 0 aliphatic carbocycles. The van der Waals surface area contributed by atoms with Crippen LogP contribution in [0, 0.1) is 5.82 Å². The van der Waals surface area contributed by atoms with Gasteiger partial charge in [-0.1, -0.05) is 0 Å². The summed E-state index contributed by atoms with van der Waals surface area (Å²) in [5, 5.41) is 9.76.